The molecule has 2 bridgehead atoms. The molecule has 2 fully saturated rings. The van der Waals surface area contributed by atoms with Gasteiger partial charge in [-0.15, -0.1) is 0 Å². The fourth-order valence-corrected chi connectivity index (χ4v) is 5.40. The van der Waals surface area contributed by atoms with E-state index in [4.69, 9.17) is 0 Å². The molecule has 3 rings (SSSR count). The van der Waals surface area contributed by atoms with Crippen LogP contribution < -0.4 is 0 Å². The number of hydrogen-bond donors (Lipinski definition) is 0. The second-order valence-electron chi connectivity index (χ2n) is 4.21. The minimum absolute atomic E-state index is 0.0538. The van der Waals surface area contributed by atoms with E-state index in [-0.39, 0.29) is 34.5 Å². The topological polar surface area (TPSA) is 51.2 Å². The van der Waals surface area contributed by atoms with Crippen molar-refractivity contribution in [1.29, 1.82) is 0 Å². The first-order chi connectivity index (χ1) is 6.09. The summed E-state index contributed by atoms with van der Waals surface area (Å²) in [6.45, 7) is 0. The molecule has 1 saturated heterocycles. The van der Waals surface area contributed by atoms with Gasteiger partial charge in [-0.2, -0.15) is 0 Å². The largest absolute Gasteiger partial charge is 0.298 e. The molecule has 4 unspecified atom stereocenters. The van der Waals surface area contributed by atoms with Crippen LogP contribution >= 0.6 is 0 Å². The van der Waals surface area contributed by atoms with Gasteiger partial charge in [0.1, 0.15) is 5.75 Å². The van der Waals surface area contributed by atoms with Crippen molar-refractivity contribution in [3.05, 3.63) is 12.2 Å². The first kappa shape index (κ1) is 7.74. The third-order valence-corrected chi connectivity index (χ3v) is 5.68. The van der Waals surface area contributed by atoms with Crippen molar-refractivity contribution in [3.8, 4) is 0 Å². The van der Waals surface area contributed by atoms with Crippen molar-refractivity contribution in [3.63, 3.8) is 0 Å². The molecule has 1 heterocycles. The number of sulfone groups is 1. The van der Waals surface area contributed by atoms with E-state index in [0.717, 1.165) is 6.42 Å². The number of rotatable bonds is 0. The Morgan fingerprint density at radius 1 is 1.23 bits per heavy atom. The molecule has 4 heteroatoms. The van der Waals surface area contributed by atoms with Crippen molar-refractivity contribution in [1.82, 2.24) is 0 Å². The van der Waals surface area contributed by atoms with Gasteiger partial charge >= 0.3 is 0 Å². The number of hydrogen-bond acceptors (Lipinski definition) is 3. The van der Waals surface area contributed by atoms with Crippen LogP contribution in [0.15, 0.2) is 12.2 Å². The third kappa shape index (κ3) is 0.796. The lowest BCUT2D eigenvalue weighted by atomic mass is 9.90. The van der Waals surface area contributed by atoms with E-state index in [1.54, 1.807) is 0 Å². The normalized spacial score (nSPS) is 50.0. The van der Waals surface area contributed by atoms with Crippen LogP contribution in [0.25, 0.3) is 0 Å². The van der Waals surface area contributed by atoms with Gasteiger partial charge in [0.2, 0.25) is 0 Å². The lowest BCUT2D eigenvalue weighted by molar-refractivity contribution is -0.120. The molecule has 0 spiro atoms. The Morgan fingerprint density at radius 3 is 2.62 bits per heavy atom. The fourth-order valence-electron chi connectivity index (χ4n) is 3.08. The van der Waals surface area contributed by atoms with Crippen LogP contribution in [0, 0.1) is 17.8 Å². The number of fused-ring (bicyclic) bond motifs is 5. The predicted molar refractivity (Wildman–Crippen MR) is 46.8 cm³/mol. The molecule has 4 atom stereocenters. The van der Waals surface area contributed by atoms with E-state index in [0.29, 0.717) is 0 Å². The van der Waals surface area contributed by atoms with Gasteiger partial charge in [0.25, 0.3) is 0 Å². The van der Waals surface area contributed by atoms with Gasteiger partial charge in [-0.05, 0) is 18.3 Å². The zero-order chi connectivity index (χ0) is 9.22. The molecular weight excluding hydrogens is 188 g/mol. The highest BCUT2D eigenvalue weighted by molar-refractivity contribution is 7.93. The molecule has 0 radical (unpaired) electrons. The van der Waals surface area contributed by atoms with Gasteiger partial charge in [0, 0.05) is 5.92 Å². The monoisotopic (exact) mass is 198 g/mol. The summed E-state index contributed by atoms with van der Waals surface area (Å²) < 4.78 is 23.2. The van der Waals surface area contributed by atoms with Crippen molar-refractivity contribution in [2.24, 2.45) is 17.8 Å². The summed E-state index contributed by atoms with van der Waals surface area (Å²) in [6.07, 6.45) is 4.87. The molecule has 1 saturated carbocycles. The summed E-state index contributed by atoms with van der Waals surface area (Å²) in [6, 6.07) is 0. The van der Waals surface area contributed by atoms with Gasteiger partial charge in [-0.1, -0.05) is 12.2 Å². The van der Waals surface area contributed by atoms with Gasteiger partial charge in [0.15, 0.2) is 15.6 Å². The lowest BCUT2D eigenvalue weighted by Crippen LogP contribution is -2.27. The Labute approximate surface area is 76.7 Å². The number of Topliss-reactive ketones (excluding diaryl/α,β-unsaturated/α-hetero) is 1. The van der Waals surface area contributed by atoms with E-state index >= 15 is 0 Å². The molecule has 0 N–H and O–H groups in total. The minimum atomic E-state index is -3.10. The zero-order valence-electron chi connectivity index (χ0n) is 7.01. The molecule has 3 aliphatic rings. The van der Waals surface area contributed by atoms with Crippen LogP contribution in [0.3, 0.4) is 0 Å². The van der Waals surface area contributed by atoms with Gasteiger partial charge < -0.3 is 0 Å². The number of allylic oxidation sites excluding steroid dienone is 2. The number of ketones is 1. The molecule has 0 aromatic heterocycles. The van der Waals surface area contributed by atoms with Crippen LogP contribution in [-0.4, -0.2) is 25.2 Å². The summed E-state index contributed by atoms with van der Waals surface area (Å²) in [4.78, 5) is 11.4. The average molecular weight is 198 g/mol. The Balaban J connectivity index is 2.17. The molecule has 0 aromatic carbocycles. The second kappa shape index (κ2) is 2.05. The van der Waals surface area contributed by atoms with E-state index in [1.807, 2.05) is 12.2 Å². The first-order valence-electron chi connectivity index (χ1n) is 4.52. The molecule has 13 heavy (non-hydrogen) atoms. The minimum Gasteiger partial charge on any atom is -0.298 e. The fraction of sp³-hybridized carbons (Fsp3) is 0.667. The van der Waals surface area contributed by atoms with Gasteiger partial charge in [-0.3, -0.25) is 4.79 Å². The van der Waals surface area contributed by atoms with Crippen LogP contribution in [0.4, 0.5) is 0 Å². The number of carbonyl (C=O) groups is 1. The maximum atomic E-state index is 11.6. The standard InChI is InChI=1S/C9H10O3S/c10-7-4-13(11,12)9-6-2-1-5(3-6)8(7)9/h1-2,5-6,8-9H,3-4H2. The third-order valence-electron chi connectivity index (χ3n) is 3.52. The Morgan fingerprint density at radius 2 is 1.92 bits per heavy atom. The molecule has 0 aromatic rings. The molecule has 70 valence electrons. The molecule has 0 amide bonds. The second-order valence-corrected chi connectivity index (χ2v) is 6.37. The zero-order valence-corrected chi connectivity index (χ0v) is 7.83. The number of carbonyl (C=O) groups excluding carboxylic acids is 1. The van der Waals surface area contributed by atoms with E-state index in [2.05, 4.69) is 0 Å². The van der Waals surface area contributed by atoms with Crippen LogP contribution in [0.1, 0.15) is 6.42 Å². The molecule has 1 aliphatic heterocycles. The van der Waals surface area contributed by atoms with E-state index in [1.165, 1.54) is 0 Å². The average Bonchev–Trinajstić information content (AvgIpc) is 2.63. The van der Waals surface area contributed by atoms with Gasteiger partial charge in [-0.25, -0.2) is 8.42 Å². The molecule has 2 aliphatic carbocycles. The van der Waals surface area contributed by atoms with Crippen molar-refractivity contribution < 1.29 is 13.2 Å². The van der Waals surface area contributed by atoms with Crippen LogP contribution in [-0.2, 0) is 14.6 Å². The van der Waals surface area contributed by atoms with Crippen LogP contribution in [0.2, 0.25) is 0 Å². The smallest absolute Gasteiger partial charge is 0.161 e. The van der Waals surface area contributed by atoms with Crippen molar-refractivity contribution in [2.45, 2.75) is 11.7 Å². The van der Waals surface area contributed by atoms with Crippen molar-refractivity contribution in [2.75, 3.05) is 5.75 Å². The predicted octanol–water partition coefficient (Wildman–Crippen LogP) is 0.175. The maximum Gasteiger partial charge on any atom is 0.161 e. The molecule has 3 nitrogen and oxygen atoms in total. The molecular formula is C9H10O3S. The highest BCUT2D eigenvalue weighted by atomic mass is 32.2. The van der Waals surface area contributed by atoms with Crippen LogP contribution in [0.5, 0.6) is 0 Å². The first-order valence-corrected chi connectivity index (χ1v) is 6.24. The van der Waals surface area contributed by atoms with E-state index < -0.39 is 9.84 Å². The Hall–Kier alpha value is -0.640. The van der Waals surface area contributed by atoms with Crippen molar-refractivity contribution >= 4 is 15.6 Å². The highest BCUT2D eigenvalue weighted by Gasteiger charge is 2.58. The maximum absolute atomic E-state index is 11.6. The van der Waals surface area contributed by atoms with E-state index in [9.17, 15) is 13.2 Å². The Bertz CT molecular complexity index is 407. The summed E-state index contributed by atoms with van der Waals surface area (Å²) in [5.74, 6) is -0.107. The highest BCUT2D eigenvalue weighted by Crippen LogP contribution is 2.50. The van der Waals surface area contributed by atoms with Gasteiger partial charge in [0.05, 0.1) is 5.25 Å². The quantitative estimate of drug-likeness (QED) is 0.521. The summed E-state index contributed by atoms with van der Waals surface area (Å²) in [7, 11) is -3.10. The Kier molecular flexibility index (Phi) is 1.22. The summed E-state index contributed by atoms with van der Waals surface area (Å²) in [5.41, 5.74) is 0. The SMILES string of the molecule is O=C1CS(=O)(=O)C2C3C=CC(C3)C12. The lowest BCUT2D eigenvalue weighted by Gasteiger charge is -2.16. The summed E-state index contributed by atoms with van der Waals surface area (Å²) in [5, 5.41) is -0.366. The summed E-state index contributed by atoms with van der Waals surface area (Å²) >= 11 is 0.